The van der Waals surface area contributed by atoms with E-state index in [0.717, 1.165) is 12.8 Å². The number of sulfonamides is 1. The van der Waals surface area contributed by atoms with Crippen molar-refractivity contribution < 1.29 is 22.5 Å². The fraction of sp³-hybridized carbons (Fsp3) is 0.824. The molecule has 2 aliphatic heterocycles. The summed E-state index contributed by atoms with van der Waals surface area (Å²) in [6, 6.07) is -0.0146. The molecule has 3 heterocycles. The molecule has 0 aromatic carbocycles. The second kappa shape index (κ2) is 6.82. The van der Waals surface area contributed by atoms with E-state index in [4.69, 9.17) is 9.26 Å². The molecule has 27 heavy (non-hydrogen) atoms. The molecule has 1 aliphatic carbocycles. The van der Waals surface area contributed by atoms with Crippen LogP contribution in [0.1, 0.15) is 37.4 Å². The average molecular weight is 398 g/mol. The number of carbonyl (C=O) groups excluding carboxylic acids is 1. The zero-order valence-electron chi connectivity index (χ0n) is 15.7. The summed E-state index contributed by atoms with van der Waals surface area (Å²) in [6.07, 6.45) is 4.05. The lowest BCUT2D eigenvalue weighted by Crippen LogP contribution is -2.42. The predicted octanol–water partition coefficient (Wildman–Crippen LogP) is 0.212. The second-order valence-corrected chi connectivity index (χ2v) is 10.1. The Labute approximate surface area is 158 Å². The molecule has 0 spiro atoms. The SMILES string of the molecule is Cc1noc([C@]23C[C@H](NC(=O)C4CCOCC4)C[C@H]2CN(S(C)(=O)=O)C3)n1. The van der Waals surface area contributed by atoms with E-state index in [2.05, 4.69) is 15.5 Å². The van der Waals surface area contributed by atoms with Gasteiger partial charge in [0.05, 0.1) is 11.7 Å². The molecule has 3 aliphatic rings. The van der Waals surface area contributed by atoms with Crippen molar-refractivity contribution in [2.24, 2.45) is 11.8 Å². The summed E-state index contributed by atoms with van der Waals surface area (Å²) in [7, 11) is -3.30. The van der Waals surface area contributed by atoms with Gasteiger partial charge in [0.2, 0.25) is 21.8 Å². The average Bonchev–Trinajstić information content (AvgIpc) is 3.27. The molecular formula is C17H26N4O5S. The van der Waals surface area contributed by atoms with Crippen molar-refractivity contribution in [1.29, 1.82) is 0 Å². The van der Waals surface area contributed by atoms with Crippen LogP contribution in [0, 0.1) is 18.8 Å². The fourth-order valence-corrected chi connectivity index (χ4v) is 5.71. The highest BCUT2D eigenvalue weighted by molar-refractivity contribution is 7.88. The van der Waals surface area contributed by atoms with E-state index < -0.39 is 15.4 Å². The third kappa shape index (κ3) is 3.50. The highest BCUT2D eigenvalue weighted by Crippen LogP contribution is 2.50. The molecule has 150 valence electrons. The minimum absolute atomic E-state index is 0.00620. The van der Waals surface area contributed by atoms with Gasteiger partial charge < -0.3 is 14.6 Å². The van der Waals surface area contributed by atoms with Crippen LogP contribution in [-0.2, 0) is 25.0 Å². The molecule has 1 aromatic heterocycles. The minimum Gasteiger partial charge on any atom is -0.381 e. The molecule has 4 rings (SSSR count). The Balaban J connectivity index is 1.53. The van der Waals surface area contributed by atoms with Crippen LogP contribution in [0.2, 0.25) is 0 Å². The minimum atomic E-state index is -3.30. The number of rotatable bonds is 4. The lowest BCUT2D eigenvalue weighted by molar-refractivity contribution is -0.128. The van der Waals surface area contributed by atoms with Crippen LogP contribution in [0.5, 0.6) is 0 Å². The number of hydrogen-bond acceptors (Lipinski definition) is 7. The van der Waals surface area contributed by atoms with Crippen molar-refractivity contribution in [3.63, 3.8) is 0 Å². The quantitative estimate of drug-likeness (QED) is 0.771. The number of nitrogens with zero attached hydrogens (tertiary/aromatic N) is 3. The Kier molecular flexibility index (Phi) is 4.76. The van der Waals surface area contributed by atoms with E-state index >= 15 is 0 Å². The number of nitrogens with one attached hydrogen (secondary N) is 1. The van der Waals surface area contributed by atoms with Gasteiger partial charge in [-0.15, -0.1) is 0 Å². The van der Waals surface area contributed by atoms with E-state index in [1.165, 1.54) is 10.6 Å². The van der Waals surface area contributed by atoms with Crippen molar-refractivity contribution in [3.05, 3.63) is 11.7 Å². The molecule has 0 bridgehead atoms. The predicted molar refractivity (Wildman–Crippen MR) is 95.3 cm³/mol. The molecule has 3 atom stereocenters. The molecule has 1 amide bonds. The zero-order valence-corrected chi connectivity index (χ0v) is 16.5. The number of fused-ring (bicyclic) bond motifs is 1. The molecule has 0 radical (unpaired) electrons. The monoisotopic (exact) mass is 398 g/mol. The summed E-state index contributed by atoms with van der Waals surface area (Å²) in [4.78, 5) is 17.0. The molecule has 10 heteroatoms. The Morgan fingerprint density at radius 2 is 2.07 bits per heavy atom. The first kappa shape index (κ1) is 18.8. The highest BCUT2D eigenvalue weighted by Gasteiger charge is 2.59. The molecule has 2 saturated heterocycles. The van der Waals surface area contributed by atoms with Crippen molar-refractivity contribution >= 4 is 15.9 Å². The van der Waals surface area contributed by atoms with Gasteiger partial charge in [-0.25, -0.2) is 12.7 Å². The van der Waals surface area contributed by atoms with E-state index in [-0.39, 0.29) is 23.8 Å². The van der Waals surface area contributed by atoms with E-state index in [0.29, 0.717) is 50.9 Å². The second-order valence-electron chi connectivity index (χ2n) is 8.09. The molecule has 1 aromatic rings. The van der Waals surface area contributed by atoms with E-state index in [9.17, 15) is 13.2 Å². The summed E-state index contributed by atoms with van der Waals surface area (Å²) in [6.45, 7) is 3.74. The topological polar surface area (TPSA) is 115 Å². The van der Waals surface area contributed by atoms with Gasteiger partial charge in [-0.2, -0.15) is 4.98 Å². The van der Waals surface area contributed by atoms with Crippen LogP contribution in [0.15, 0.2) is 4.52 Å². The van der Waals surface area contributed by atoms with Gasteiger partial charge in [-0.3, -0.25) is 4.79 Å². The zero-order chi connectivity index (χ0) is 19.2. The number of carbonyl (C=O) groups is 1. The molecule has 0 unspecified atom stereocenters. The molecule has 9 nitrogen and oxygen atoms in total. The van der Waals surface area contributed by atoms with Crippen LogP contribution >= 0.6 is 0 Å². The number of ether oxygens (including phenoxy) is 1. The van der Waals surface area contributed by atoms with Crippen LogP contribution in [0.25, 0.3) is 0 Å². The van der Waals surface area contributed by atoms with Gasteiger partial charge in [0.25, 0.3) is 0 Å². The lowest BCUT2D eigenvalue weighted by Gasteiger charge is -2.26. The van der Waals surface area contributed by atoms with Gasteiger partial charge >= 0.3 is 0 Å². The normalized spacial score (nSPS) is 32.5. The third-order valence-electron chi connectivity index (χ3n) is 6.20. The van der Waals surface area contributed by atoms with Crippen molar-refractivity contribution in [2.75, 3.05) is 32.6 Å². The van der Waals surface area contributed by atoms with Crippen molar-refractivity contribution in [3.8, 4) is 0 Å². The Morgan fingerprint density at radius 1 is 1.33 bits per heavy atom. The molecule has 1 N–H and O–H groups in total. The maximum Gasteiger partial charge on any atom is 0.234 e. The standard InChI is InChI=1S/C17H26N4O5S/c1-11-18-16(26-20-11)17-8-14(19-15(22)12-3-5-25-6-4-12)7-13(17)9-21(10-17)27(2,23)24/h12-14H,3-10H2,1-2H3,(H,19,22)/t13-,14+,17-/m0/s1. The summed E-state index contributed by atoms with van der Waals surface area (Å²) in [5.74, 6) is 1.13. The van der Waals surface area contributed by atoms with Crippen molar-refractivity contribution in [1.82, 2.24) is 19.8 Å². The molecule has 3 fully saturated rings. The maximum atomic E-state index is 12.6. The summed E-state index contributed by atoms with van der Waals surface area (Å²) < 4.78 is 36.5. The smallest absolute Gasteiger partial charge is 0.234 e. The third-order valence-corrected chi connectivity index (χ3v) is 7.42. The van der Waals surface area contributed by atoms with Crippen molar-refractivity contribution in [2.45, 2.75) is 44.1 Å². The Hall–Kier alpha value is -1.52. The van der Waals surface area contributed by atoms with Crippen LogP contribution < -0.4 is 5.32 Å². The van der Waals surface area contributed by atoms with Gasteiger partial charge in [-0.1, -0.05) is 5.16 Å². The number of aromatic nitrogens is 2. The highest BCUT2D eigenvalue weighted by atomic mass is 32.2. The first-order valence-electron chi connectivity index (χ1n) is 9.42. The van der Waals surface area contributed by atoms with E-state index in [1.54, 1.807) is 6.92 Å². The first-order chi connectivity index (χ1) is 12.8. The van der Waals surface area contributed by atoms with Crippen LogP contribution in [-0.4, -0.2) is 67.4 Å². The largest absolute Gasteiger partial charge is 0.381 e. The molecule has 1 saturated carbocycles. The number of amides is 1. The van der Waals surface area contributed by atoms with Crippen LogP contribution in [0.3, 0.4) is 0 Å². The van der Waals surface area contributed by atoms with Gasteiger partial charge in [0, 0.05) is 38.3 Å². The Bertz CT molecular complexity index is 819. The maximum absolute atomic E-state index is 12.6. The Morgan fingerprint density at radius 3 is 2.70 bits per heavy atom. The van der Waals surface area contributed by atoms with Gasteiger partial charge in [0.15, 0.2) is 5.82 Å². The van der Waals surface area contributed by atoms with E-state index in [1.807, 2.05) is 0 Å². The van der Waals surface area contributed by atoms with Crippen LogP contribution in [0.4, 0.5) is 0 Å². The summed E-state index contributed by atoms with van der Waals surface area (Å²) in [5.41, 5.74) is -0.530. The summed E-state index contributed by atoms with van der Waals surface area (Å²) in [5, 5.41) is 7.09. The summed E-state index contributed by atoms with van der Waals surface area (Å²) >= 11 is 0. The molecular weight excluding hydrogens is 372 g/mol. The lowest BCUT2D eigenvalue weighted by atomic mass is 9.80. The van der Waals surface area contributed by atoms with Gasteiger partial charge in [-0.05, 0) is 38.5 Å². The fourth-order valence-electron chi connectivity index (χ4n) is 4.80. The van der Waals surface area contributed by atoms with Gasteiger partial charge in [0.1, 0.15) is 0 Å². The number of aryl methyl sites for hydroxylation is 1. The first-order valence-corrected chi connectivity index (χ1v) is 11.3. The number of hydrogen-bond donors (Lipinski definition) is 1.